The van der Waals surface area contributed by atoms with Crippen LogP contribution in [0, 0.1) is 0 Å². The highest BCUT2D eigenvalue weighted by atomic mass is 16.3. The molecule has 11 aromatic rings. The second kappa shape index (κ2) is 12.1. The summed E-state index contributed by atoms with van der Waals surface area (Å²) in [6.07, 6.45) is 0. The molecule has 0 spiro atoms. The lowest BCUT2D eigenvalue weighted by molar-refractivity contribution is 0.671. The van der Waals surface area contributed by atoms with E-state index in [2.05, 4.69) is 120 Å². The van der Waals surface area contributed by atoms with Crippen LogP contribution in [0.3, 0.4) is 0 Å². The maximum absolute atomic E-state index is 6.77. The molecule has 8 aromatic carbocycles. The predicted octanol–water partition coefficient (Wildman–Crippen LogP) is 12.7. The zero-order chi connectivity index (χ0) is 35.6. The first-order chi connectivity index (χ1) is 26.8. The Balaban J connectivity index is 1.11. The molecule has 11 rings (SSSR count). The predicted molar refractivity (Wildman–Crippen MR) is 221 cm³/mol. The van der Waals surface area contributed by atoms with Gasteiger partial charge in [-0.25, -0.2) is 15.0 Å². The molecule has 0 bridgehead atoms. The van der Waals surface area contributed by atoms with E-state index in [0.717, 1.165) is 66.5 Å². The smallest absolute Gasteiger partial charge is 0.164 e. The molecule has 54 heavy (non-hydrogen) atoms. The summed E-state index contributed by atoms with van der Waals surface area (Å²) in [7, 11) is 0. The van der Waals surface area contributed by atoms with Gasteiger partial charge in [-0.05, 0) is 52.2 Å². The van der Waals surface area contributed by atoms with E-state index in [9.17, 15) is 0 Å². The van der Waals surface area contributed by atoms with E-state index in [1.54, 1.807) is 0 Å². The molecular weight excluding hydrogens is 661 g/mol. The second-order valence-corrected chi connectivity index (χ2v) is 13.6. The molecule has 0 amide bonds. The molecular formula is C49H30N4O. The summed E-state index contributed by atoms with van der Waals surface area (Å²) >= 11 is 0. The van der Waals surface area contributed by atoms with E-state index in [1.807, 2.05) is 66.7 Å². The van der Waals surface area contributed by atoms with Gasteiger partial charge in [0, 0.05) is 43.9 Å². The summed E-state index contributed by atoms with van der Waals surface area (Å²) in [5.74, 6) is 1.93. The second-order valence-electron chi connectivity index (χ2n) is 13.6. The minimum absolute atomic E-state index is 0.636. The molecule has 0 radical (unpaired) electrons. The Labute approximate surface area is 310 Å². The Kier molecular flexibility index (Phi) is 6.79. The third kappa shape index (κ3) is 4.76. The van der Waals surface area contributed by atoms with Crippen molar-refractivity contribution in [3.8, 4) is 51.0 Å². The number of para-hydroxylation sites is 2. The van der Waals surface area contributed by atoms with E-state index in [1.165, 1.54) is 21.5 Å². The van der Waals surface area contributed by atoms with Gasteiger partial charge in [0.25, 0.3) is 0 Å². The average Bonchev–Trinajstić information content (AvgIpc) is 3.81. The van der Waals surface area contributed by atoms with Gasteiger partial charge in [0.15, 0.2) is 23.1 Å². The fraction of sp³-hybridized carbons (Fsp3) is 0. The largest absolute Gasteiger partial charge is 0.454 e. The van der Waals surface area contributed by atoms with E-state index in [4.69, 9.17) is 19.4 Å². The first kappa shape index (κ1) is 30.3. The van der Waals surface area contributed by atoms with Crippen LogP contribution < -0.4 is 0 Å². The number of hydrogen-bond donors (Lipinski definition) is 0. The van der Waals surface area contributed by atoms with Crippen LogP contribution in [0.5, 0.6) is 0 Å². The van der Waals surface area contributed by atoms with Gasteiger partial charge in [-0.2, -0.15) is 0 Å². The minimum atomic E-state index is 0.636. The maximum atomic E-state index is 6.77. The van der Waals surface area contributed by atoms with Crippen LogP contribution in [0.25, 0.3) is 105 Å². The Morgan fingerprint density at radius 1 is 0.370 bits per heavy atom. The summed E-state index contributed by atoms with van der Waals surface area (Å²) in [5, 5.41) is 7.02. The number of aromatic nitrogens is 4. The fourth-order valence-corrected chi connectivity index (χ4v) is 7.95. The molecule has 0 saturated heterocycles. The molecule has 0 aliphatic heterocycles. The first-order valence-electron chi connectivity index (χ1n) is 18.1. The molecule has 0 fully saturated rings. The van der Waals surface area contributed by atoms with Crippen molar-refractivity contribution in [2.24, 2.45) is 0 Å². The Bertz CT molecular complexity index is 3130. The monoisotopic (exact) mass is 690 g/mol. The normalized spacial score (nSPS) is 11.7. The molecule has 0 aliphatic carbocycles. The van der Waals surface area contributed by atoms with Gasteiger partial charge < -0.3 is 8.98 Å². The molecule has 252 valence electrons. The third-order valence-electron chi connectivity index (χ3n) is 10.4. The van der Waals surface area contributed by atoms with Crippen LogP contribution in [0.2, 0.25) is 0 Å². The van der Waals surface area contributed by atoms with Crippen molar-refractivity contribution < 1.29 is 4.42 Å². The lowest BCUT2D eigenvalue weighted by Crippen LogP contribution is -2.00. The molecule has 0 N–H and O–H groups in total. The lowest BCUT2D eigenvalue weighted by Gasteiger charge is -2.10. The van der Waals surface area contributed by atoms with Crippen LogP contribution in [0.15, 0.2) is 186 Å². The Hall–Kier alpha value is -7.37. The van der Waals surface area contributed by atoms with Crippen LogP contribution in [-0.2, 0) is 0 Å². The number of furan rings is 1. The van der Waals surface area contributed by atoms with Crippen LogP contribution in [-0.4, -0.2) is 19.5 Å². The molecule has 0 unspecified atom stereocenters. The van der Waals surface area contributed by atoms with Crippen LogP contribution >= 0.6 is 0 Å². The number of hydrogen-bond acceptors (Lipinski definition) is 4. The molecule has 5 nitrogen and oxygen atoms in total. The van der Waals surface area contributed by atoms with Crippen molar-refractivity contribution in [1.82, 2.24) is 19.5 Å². The van der Waals surface area contributed by atoms with Gasteiger partial charge in [-0.3, -0.25) is 0 Å². The average molecular weight is 691 g/mol. The summed E-state index contributed by atoms with van der Waals surface area (Å²) in [6.45, 7) is 0. The molecule has 3 heterocycles. The topological polar surface area (TPSA) is 56.7 Å². The SMILES string of the molecule is c1ccc(-c2nc(-c3ccccc3)nc(-c3ccc(-c4ccc5c(c4)c4c6ccccc6c6c7ccccc7oc6c4n5-c4ccccc4)cc3)n2)cc1. The molecule has 0 saturated carbocycles. The quantitative estimate of drug-likeness (QED) is 0.180. The number of benzene rings is 8. The van der Waals surface area contributed by atoms with Gasteiger partial charge in [-0.15, -0.1) is 0 Å². The zero-order valence-electron chi connectivity index (χ0n) is 29.0. The highest BCUT2D eigenvalue weighted by molar-refractivity contribution is 6.35. The summed E-state index contributed by atoms with van der Waals surface area (Å²) < 4.78 is 9.14. The Morgan fingerprint density at radius 2 is 0.852 bits per heavy atom. The Morgan fingerprint density at radius 3 is 1.48 bits per heavy atom. The number of nitrogens with zero attached hydrogens (tertiary/aromatic N) is 4. The van der Waals surface area contributed by atoms with Crippen molar-refractivity contribution in [2.75, 3.05) is 0 Å². The molecule has 0 aliphatic rings. The molecule has 5 heteroatoms. The summed E-state index contributed by atoms with van der Waals surface area (Å²) in [5.41, 5.74) is 10.1. The number of rotatable bonds is 5. The first-order valence-corrected chi connectivity index (χ1v) is 18.1. The third-order valence-corrected chi connectivity index (χ3v) is 10.4. The van der Waals surface area contributed by atoms with Gasteiger partial charge in [0.05, 0.1) is 11.0 Å². The maximum Gasteiger partial charge on any atom is 0.164 e. The van der Waals surface area contributed by atoms with E-state index in [-0.39, 0.29) is 0 Å². The zero-order valence-corrected chi connectivity index (χ0v) is 29.0. The standard InChI is InChI=1S/C49H30N4O/c1-4-14-32(15-5-1)47-50-48(33-16-6-2-7-17-33)52-49(51-47)34-26-24-31(25-27-34)35-28-29-41-40(30-35)43-37-20-10-11-21-38(37)44-39-22-12-13-23-42(39)54-46(44)45(43)53(41)36-18-8-3-9-19-36/h1-30H. The van der Waals surface area contributed by atoms with Gasteiger partial charge in [0.1, 0.15) is 5.58 Å². The van der Waals surface area contributed by atoms with Crippen molar-refractivity contribution in [2.45, 2.75) is 0 Å². The van der Waals surface area contributed by atoms with Crippen LogP contribution in [0.1, 0.15) is 0 Å². The van der Waals surface area contributed by atoms with Gasteiger partial charge in [-0.1, -0.05) is 152 Å². The summed E-state index contributed by atoms with van der Waals surface area (Å²) in [4.78, 5) is 14.8. The van der Waals surface area contributed by atoms with E-state index in [0.29, 0.717) is 17.5 Å². The van der Waals surface area contributed by atoms with Crippen molar-refractivity contribution in [3.63, 3.8) is 0 Å². The highest BCUT2D eigenvalue weighted by Gasteiger charge is 2.23. The van der Waals surface area contributed by atoms with E-state index >= 15 is 0 Å². The minimum Gasteiger partial charge on any atom is -0.454 e. The van der Waals surface area contributed by atoms with E-state index < -0.39 is 0 Å². The van der Waals surface area contributed by atoms with Crippen LogP contribution in [0.4, 0.5) is 0 Å². The number of fused-ring (bicyclic) bond motifs is 10. The highest BCUT2D eigenvalue weighted by Crippen LogP contribution is 2.46. The van der Waals surface area contributed by atoms with Crippen molar-refractivity contribution in [3.05, 3.63) is 182 Å². The van der Waals surface area contributed by atoms with Crippen molar-refractivity contribution in [1.29, 1.82) is 0 Å². The van der Waals surface area contributed by atoms with Gasteiger partial charge in [0.2, 0.25) is 0 Å². The molecule has 0 atom stereocenters. The van der Waals surface area contributed by atoms with Gasteiger partial charge >= 0.3 is 0 Å². The lowest BCUT2D eigenvalue weighted by atomic mass is 9.97. The summed E-state index contributed by atoms with van der Waals surface area (Å²) in [6, 6.07) is 63.2. The fourth-order valence-electron chi connectivity index (χ4n) is 7.95. The van der Waals surface area contributed by atoms with Crippen molar-refractivity contribution >= 4 is 54.5 Å². The molecule has 3 aromatic heterocycles.